The van der Waals surface area contributed by atoms with Gasteiger partial charge in [-0.05, 0) is 48.2 Å². The van der Waals surface area contributed by atoms with Gasteiger partial charge in [-0.3, -0.25) is 14.4 Å². The molecule has 1 amide bonds. The minimum Gasteiger partial charge on any atom is -0.497 e. The molecule has 8 nitrogen and oxygen atoms in total. The lowest BCUT2D eigenvalue weighted by Gasteiger charge is -2.31. The Morgan fingerprint density at radius 2 is 1.83 bits per heavy atom. The number of rotatable bonds is 7. The van der Waals surface area contributed by atoms with Gasteiger partial charge in [0.15, 0.2) is 5.69 Å². The summed E-state index contributed by atoms with van der Waals surface area (Å²) in [5.74, 6) is 1.56. The van der Waals surface area contributed by atoms with Gasteiger partial charge >= 0.3 is 0 Å². The van der Waals surface area contributed by atoms with Gasteiger partial charge in [-0.1, -0.05) is 24.3 Å². The molecule has 1 unspecified atom stereocenters. The fraction of sp³-hybridized carbons (Fsp3) is 0.429. The fourth-order valence-corrected chi connectivity index (χ4v) is 5.21. The molecular weight excluding hydrogens is 456 g/mol. The van der Waals surface area contributed by atoms with Crippen molar-refractivity contribution in [2.45, 2.75) is 45.0 Å². The summed E-state index contributed by atoms with van der Waals surface area (Å²) in [6, 6.07) is 16.1. The number of nitrogens with zero attached hydrogens (tertiary/aromatic N) is 4. The Morgan fingerprint density at radius 3 is 2.58 bits per heavy atom. The van der Waals surface area contributed by atoms with Crippen molar-refractivity contribution in [3.05, 3.63) is 76.6 Å². The molecule has 0 radical (unpaired) electrons. The predicted molar refractivity (Wildman–Crippen MR) is 136 cm³/mol. The Kier molecular flexibility index (Phi) is 7.25. The summed E-state index contributed by atoms with van der Waals surface area (Å²) in [4.78, 5) is 17.7. The number of ether oxygens (including phenoxy) is 2. The van der Waals surface area contributed by atoms with Gasteiger partial charge in [-0.15, -0.1) is 0 Å². The third-order valence-electron chi connectivity index (χ3n) is 7.13. The van der Waals surface area contributed by atoms with Crippen molar-refractivity contribution in [1.82, 2.24) is 19.6 Å². The van der Waals surface area contributed by atoms with E-state index < -0.39 is 6.10 Å². The number of carbonyl (C=O) groups excluding carboxylic acids is 1. The Hall–Kier alpha value is -3.36. The largest absolute Gasteiger partial charge is 0.497 e. The molecule has 3 aromatic rings. The number of aromatic nitrogens is 2. The highest BCUT2D eigenvalue weighted by molar-refractivity contribution is 5.94. The van der Waals surface area contributed by atoms with Crippen LogP contribution in [0.2, 0.25) is 0 Å². The molecule has 0 aliphatic carbocycles. The lowest BCUT2D eigenvalue weighted by Crippen LogP contribution is -2.43. The molecule has 1 fully saturated rings. The molecule has 1 aromatic heterocycles. The standard InChI is InChI=1S/C28H34N4O4/c1-35-23-10-8-20(9-11-23)16-30-14-12-26-25(19-30)27(28(34)31-13-4-6-22(33)18-31)29-32(26)17-21-5-3-7-24(15-21)36-2/h3,5,7-11,15,22,33H,4,6,12-14,16-19H2,1-2H3. The van der Waals surface area contributed by atoms with Crippen LogP contribution < -0.4 is 9.47 Å². The number of methoxy groups -OCH3 is 2. The minimum atomic E-state index is -0.469. The zero-order valence-electron chi connectivity index (χ0n) is 21.0. The smallest absolute Gasteiger partial charge is 0.274 e. The first kappa shape index (κ1) is 24.3. The Balaban J connectivity index is 1.43. The van der Waals surface area contributed by atoms with E-state index in [-0.39, 0.29) is 5.91 Å². The van der Waals surface area contributed by atoms with Crippen molar-refractivity contribution in [2.75, 3.05) is 33.9 Å². The molecule has 1 N–H and O–H groups in total. The summed E-state index contributed by atoms with van der Waals surface area (Å²) < 4.78 is 12.7. The molecule has 2 aromatic carbocycles. The number of β-amino-alcohol motifs (C(OH)–C–C–N with tert-alkyl or cyclic N) is 1. The first-order valence-corrected chi connectivity index (χ1v) is 12.6. The van der Waals surface area contributed by atoms with Crippen molar-refractivity contribution in [3.63, 3.8) is 0 Å². The van der Waals surface area contributed by atoms with Crippen LogP contribution in [-0.4, -0.2) is 70.6 Å². The maximum atomic E-state index is 13.6. The predicted octanol–water partition coefficient (Wildman–Crippen LogP) is 3.10. The molecule has 1 saturated heterocycles. The van der Waals surface area contributed by atoms with Crippen molar-refractivity contribution in [3.8, 4) is 11.5 Å². The van der Waals surface area contributed by atoms with E-state index in [0.717, 1.165) is 60.7 Å². The minimum absolute atomic E-state index is 0.0827. The third-order valence-corrected chi connectivity index (χ3v) is 7.13. The molecule has 2 aliphatic heterocycles. The number of aliphatic hydroxyl groups excluding tert-OH is 1. The van der Waals surface area contributed by atoms with E-state index in [1.807, 2.05) is 35.0 Å². The number of amides is 1. The van der Waals surface area contributed by atoms with E-state index in [2.05, 4.69) is 23.1 Å². The Bertz CT molecular complexity index is 1210. The van der Waals surface area contributed by atoms with Gasteiger partial charge < -0.3 is 19.5 Å². The highest BCUT2D eigenvalue weighted by Crippen LogP contribution is 2.27. The van der Waals surface area contributed by atoms with Crippen molar-refractivity contribution in [2.24, 2.45) is 0 Å². The van der Waals surface area contributed by atoms with Gasteiger partial charge in [0, 0.05) is 50.4 Å². The molecule has 3 heterocycles. The first-order chi connectivity index (χ1) is 17.5. The average molecular weight is 491 g/mol. The first-order valence-electron chi connectivity index (χ1n) is 12.6. The SMILES string of the molecule is COc1ccc(CN2CCc3c(c(C(=O)N4CCCC(O)C4)nn3Cc3cccc(OC)c3)C2)cc1. The molecule has 5 rings (SSSR count). The van der Waals surface area contributed by atoms with Crippen LogP contribution in [0.5, 0.6) is 11.5 Å². The number of hydrogen-bond donors (Lipinski definition) is 1. The molecule has 1 atom stereocenters. The van der Waals surface area contributed by atoms with E-state index in [1.54, 1.807) is 19.1 Å². The lowest BCUT2D eigenvalue weighted by molar-refractivity contribution is 0.0466. The van der Waals surface area contributed by atoms with Crippen LogP contribution in [0, 0.1) is 0 Å². The molecule has 0 spiro atoms. The number of piperidine rings is 1. The second kappa shape index (κ2) is 10.7. The van der Waals surface area contributed by atoms with Crippen LogP contribution in [0.1, 0.15) is 45.7 Å². The maximum Gasteiger partial charge on any atom is 0.274 e. The summed E-state index contributed by atoms with van der Waals surface area (Å²) in [6.07, 6.45) is 1.90. The maximum absolute atomic E-state index is 13.6. The second-order valence-electron chi connectivity index (χ2n) is 9.64. The summed E-state index contributed by atoms with van der Waals surface area (Å²) in [5, 5.41) is 15.0. The molecule has 190 valence electrons. The number of carbonyl (C=O) groups is 1. The fourth-order valence-electron chi connectivity index (χ4n) is 5.21. The van der Waals surface area contributed by atoms with E-state index >= 15 is 0 Å². The van der Waals surface area contributed by atoms with E-state index in [4.69, 9.17) is 14.6 Å². The summed E-state index contributed by atoms with van der Waals surface area (Å²) in [7, 11) is 3.33. The second-order valence-corrected chi connectivity index (χ2v) is 9.64. The average Bonchev–Trinajstić information content (AvgIpc) is 3.26. The topological polar surface area (TPSA) is 80.1 Å². The van der Waals surface area contributed by atoms with Gasteiger partial charge in [0.2, 0.25) is 0 Å². The number of likely N-dealkylation sites (tertiary alicyclic amines) is 1. The molecule has 2 aliphatic rings. The number of benzene rings is 2. The van der Waals surface area contributed by atoms with E-state index in [9.17, 15) is 9.90 Å². The van der Waals surface area contributed by atoms with Crippen molar-refractivity contribution >= 4 is 5.91 Å². The monoisotopic (exact) mass is 490 g/mol. The molecule has 0 bridgehead atoms. The number of hydrogen-bond acceptors (Lipinski definition) is 6. The van der Waals surface area contributed by atoms with Gasteiger partial charge in [-0.25, -0.2) is 0 Å². The van der Waals surface area contributed by atoms with Crippen LogP contribution in [0.4, 0.5) is 0 Å². The summed E-state index contributed by atoms with van der Waals surface area (Å²) >= 11 is 0. The van der Waals surface area contributed by atoms with Crippen LogP contribution in [0.15, 0.2) is 48.5 Å². The summed E-state index contributed by atoms with van der Waals surface area (Å²) in [6.45, 7) is 3.94. The van der Waals surface area contributed by atoms with Gasteiger partial charge in [0.1, 0.15) is 11.5 Å². The van der Waals surface area contributed by atoms with E-state index in [0.29, 0.717) is 31.9 Å². The summed E-state index contributed by atoms with van der Waals surface area (Å²) in [5.41, 5.74) is 4.91. The van der Waals surface area contributed by atoms with Crippen LogP contribution in [0.3, 0.4) is 0 Å². The molecule has 0 saturated carbocycles. The highest BCUT2D eigenvalue weighted by Gasteiger charge is 2.32. The van der Waals surface area contributed by atoms with Crippen LogP contribution in [-0.2, 0) is 26.1 Å². The highest BCUT2D eigenvalue weighted by atomic mass is 16.5. The normalized spacial score (nSPS) is 18.1. The zero-order chi connectivity index (χ0) is 25.1. The van der Waals surface area contributed by atoms with Crippen LogP contribution in [0.25, 0.3) is 0 Å². The lowest BCUT2D eigenvalue weighted by atomic mass is 10.0. The van der Waals surface area contributed by atoms with Gasteiger partial charge in [-0.2, -0.15) is 5.10 Å². The van der Waals surface area contributed by atoms with E-state index in [1.165, 1.54) is 5.56 Å². The van der Waals surface area contributed by atoms with Gasteiger partial charge in [0.05, 0.1) is 26.9 Å². The molecule has 8 heteroatoms. The molecule has 36 heavy (non-hydrogen) atoms. The van der Waals surface area contributed by atoms with Gasteiger partial charge in [0.25, 0.3) is 5.91 Å². The Morgan fingerprint density at radius 1 is 1.03 bits per heavy atom. The molecular formula is C28H34N4O4. The quantitative estimate of drug-likeness (QED) is 0.548. The van der Waals surface area contributed by atoms with Crippen molar-refractivity contribution in [1.29, 1.82) is 0 Å². The zero-order valence-corrected chi connectivity index (χ0v) is 21.0. The third kappa shape index (κ3) is 5.24. The Labute approximate surface area is 212 Å². The van der Waals surface area contributed by atoms with Crippen molar-refractivity contribution < 1.29 is 19.4 Å². The number of aliphatic hydroxyl groups is 1. The van der Waals surface area contributed by atoms with Crippen LogP contribution >= 0.6 is 0 Å². The number of fused-ring (bicyclic) bond motifs is 1.